The van der Waals surface area contributed by atoms with Gasteiger partial charge in [-0.25, -0.2) is 18.1 Å². The Hall–Kier alpha value is -2.46. The normalized spacial score (nSPS) is 11.5. The second kappa shape index (κ2) is 9.13. The highest BCUT2D eigenvalue weighted by Gasteiger charge is 2.17. The third kappa shape index (κ3) is 5.17. The molecule has 0 aliphatic heterocycles. The molecular formula is C20H20ClN3O4S2. The van der Waals surface area contributed by atoms with Crippen molar-refractivity contribution in [2.24, 2.45) is 0 Å². The van der Waals surface area contributed by atoms with Crippen LogP contribution < -0.4 is 14.8 Å². The van der Waals surface area contributed by atoms with Crippen molar-refractivity contribution in [1.29, 1.82) is 0 Å². The van der Waals surface area contributed by atoms with Crippen LogP contribution in [0.2, 0.25) is 5.02 Å². The minimum absolute atomic E-state index is 0.0978. The highest BCUT2D eigenvalue weighted by atomic mass is 35.5. The number of carbonyl (C=O) groups is 1. The van der Waals surface area contributed by atoms with Gasteiger partial charge in [0.2, 0.25) is 10.0 Å². The van der Waals surface area contributed by atoms with Crippen LogP contribution >= 0.6 is 22.9 Å². The number of amides is 1. The van der Waals surface area contributed by atoms with Gasteiger partial charge in [0.25, 0.3) is 5.91 Å². The van der Waals surface area contributed by atoms with Gasteiger partial charge in [0, 0.05) is 22.5 Å². The van der Waals surface area contributed by atoms with Crippen LogP contribution in [0.4, 0.5) is 5.13 Å². The highest BCUT2D eigenvalue weighted by molar-refractivity contribution is 7.89. The first-order valence-corrected chi connectivity index (χ1v) is 11.7. The Labute approximate surface area is 184 Å². The topological polar surface area (TPSA) is 97.4 Å². The van der Waals surface area contributed by atoms with Crippen LogP contribution in [0.5, 0.6) is 5.75 Å². The number of hydrogen-bond donors (Lipinski definition) is 2. The van der Waals surface area contributed by atoms with Gasteiger partial charge in [0.1, 0.15) is 5.75 Å². The summed E-state index contributed by atoms with van der Waals surface area (Å²) >= 11 is 7.43. The molecule has 0 saturated heterocycles. The summed E-state index contributed by atoms with van der Waals surface area (Å²) in [5, 5.41) is 5.41. The van der Waals surface area contributed by atoms with Gasteiger partial charge < -0.3 is 4.74 Å². The number of halogens is 1. The Morgan fingerprint density at radius 2 is 1.87 bits per heavy atom. The SMILES string of the molecule is COc1ccc(-c2csc(NC(=O)c3ccc(S(=O)(=O)NC(C)C)cc3)n2)cc1Cl. The lowest BCUT2D eigenvalue weighted by molar-refractivity contribution is 0.102. The zero-order chi connectivity index (χ0) is 21.9. The first kappa shape index (κ1) is 22.2. The van der Waals surface area contributed by atoms with E-state index < -0.39 is 10.0 Å². The lowest BCUT2D eigenvalue weighted by Crippen LogP contribution is -2.30. The number of ether oxygens (including phenoxy) is 1. The maximum atomic E-state index is 12.5. The molecule has 1 heterocycles. The minimum Gasteiger partial charge on any atom is -0.495 e. The fourth-order valence-corrected chi connectivity index (χ4v) is 4.85. The maximum absolute atomic E-state index is 12.5. The molecule has 0 aliphatic carbocycles. The number of thiazole rings is 1. The Morgan fingerprint density at radius 1 is 1.17 bits per heavy atom. The molecule has 158 valence electrons. The van der Waals surface area contributed by atoms with Gasteiger partial charge >= 0.3 is 0 Å². The van der Waals surface area contributed by atoms with Crippen molar-refractivity contribution in [1.82, 2.24) is 9.71 Å². The molecule has 0 radical (unpaired) electrons. The van der Waals surface area contributed by atoms with Crippen LogP contribution in [0.25, 0.3) is 11.3 Å². The lowest BCUT2D eigenvalue weighted by Gasteiger charge is -2.10. The van der Waals surface area contributed by atoms with E-state index in [0.29, 0.717) is 27.2 Å². The van der Waals surface area contributed by atoms with Crippen molar-refractivity contribution in [3.05, 3.63) is 58.4 Å². The molecule has 0 unspecified atom stereocenters. The summed E-state index contributed by atoms with van der Waals surface area (Å²) < 4.78 is 32.0. The summed E-state index contributed by atoms with van der Waals surface area (Å²) in [5.74, 6) is 0.183. The second-order valence-corrected chi connectivity index (χ2v) is 9.62. The van der Waals surface area contributed by atoms with Gasteiger partial charge in [-0.2, -0.15) is 0 Å². The molecule has 2 aromatic carbocycles. The first-order chi connectivity index (χ1) is 14.2. The van der Waals surface area contributed by atoms with E-state index in [1.807, 2.05) is 6.07 Å². The predicted octanol–water partition coefficient (Wildman–Crippen LogP) is 4.41. The van der Waals surface area contributed by atoms with Crippen molar-refractivity contribution >= 4 is 44.0 Å². The van der Waals surface area contributed by atoms with E-state index in [-0.39, 0.29) is 16.8 Å². The van der Waals surface area contributed by atoms with Gasteiger partial charge in [-0.3, -0.25) is 10.1 Å². The maximum Gasteiger partial charge on any atom is 0.257 e. The summed E-state index contributed by atoms with van der Waals surface area (Å²) in [6, 6.07) is 10.8. The van der Waals surface area contributed by atoms with E-state index in [4.69, 9.17) is 16.3 Å². The van der Waals surface area contributed by atoms with Crippen LogP contribution in [-0.4, -0.2) is 32.5 Å². The number of methoxy groups -OCH3 is 1. The number of rotatable bonds is 7. The molecule has 0 fully saturated rings. The summed E-state index contributed by atoms with van der Waals surface area (Å²) in [7, 11) is -2.07. The van der Waals surface area contributed by atoms with E-state index in [9.17, 15) is 13.2 Å². The van der Waals surface area contributed by atoms with Gasteiger partial charge in [-0.1, -0.05) is 11.6 Å². The molecular weight excluding hydrogens is 446 g/mol. The number of aromatic nitrogens is 1. The zero-order valence-corrected chi connectivity index (χ0v) is 18.9. The van der Waals surface area contributed by atoms with Crippen LogP contribution in [0.3, 0.4) is 0 Å². The zero-order valence-electron chi connectivity index (χ0n) is 16.5. The third-order valence-electron chi connectivity index (χ3n) is 3.99. The van der Waals surface area contributed by atoms with Gasteiger partial charge in [0.05, 0.1) is 22.7 Å². The third-order valence-corrected chi connectivity index (χ3v) is 6.72. The molecule has 0 atom stereocenters. The van der Waals surface area contributed by atoms with Crippen molar-refractivity contribution in [2.75, 3.05) is 12.4 Å². The van der Waals surface area contributed by atoms with Crippen LogP contribution in [-0.2, 0) is 10.0 Å². The Bertz CT molecular complexity index is 1160. The fraction of sp³-hybridized carbons (Fsp3) is 0.200. The molecule has 2 N–H and O–H groups in total. The monoisotopic (exact) mass is 465 g/mol. The highest BCUT2D eigenvalue weighted by Crippen LogP contribution is 2.31. The Balaban J connectivity index is 1.72. The van der Waals surface area contributed by atoms with Crippen molar-refractivity contribution in [3.63, 3.8) is 0 Å². The van der Waals surface area contributed by atoms with E-state index in [1.165, 1.54) is 35.6 Å². The molecule has 3 rings (SSSR count). The van der Waals surface area contributed by atoms with Gasteiger partial charge in [-0.05, 0) is 56.3 Å². The summed E-state index contributed by atoms with van der Waals surface area (Å²) in [6.07, 6.45) is 0. The number of sulfonamides is 1. The number of anilines is 1. The van der Waals surface area contributed by atoms with Crippen LogP contribution in [0, 0.1) is 0 Å². The lowest BCUT2D eigenvalue weighted by atomic mass is 10.2. The van der Waals surface area contributed by atoms with Gasteiger partial charge in [0.15, 0.2) is 5.13 Å². The van der Waals surface area contributed by atoms with Crippen LogP contribution in [0.1, 0.15) is 24.2 Å². The molecule has 0 aliphatic rings. The number of hydrogen-bond acceptors (Lipinski definition) is 6. The fourth-order valence-electron chi connectivity index (χ4n) is 2.62. The number of benzene rings is 2. The average molecular weight is 466 g/mol. The quantitative estimate of drug-likeness (QED) is 0.538. The molecule has 0 spiro atoms. The van der Waals surface area contributed by atoms with E-state index in [1.54, 1.807) is 38.5 Å². The first-order valence-electron chi connectivity index (χ1n) is 8.93. The number of carbonyl (C=O) groups excluding carboxylic acids is 1. The predicted molar refractivity (Wildman–Crippen MR) is 119 cm³/mol. The summed E-state index contributed by atoms with van der Waals surface area (Å²) in [6.45, 7) is 3.48. The smallest absolute Gasteiger partial charge is 0.257 e. The Kier molecular flexibility index (Phi) is 6.77. The average Bonchev–Trinajstić information content (AvgIpc) is 3.15. The van der Waals surface area contributed by atoms with Crippen molar-refractivity contribution in [3.8, 4) is 17.0 Å². The van der Waals surface area contributed by atoms with Crippen molar-refractivity contribution < 1.29 is 17.9 Å². The van der Waals surface area contributed by atoms with Crippen molar-refractivity contribution in [2.45, 2.75) is 24.8 Å². The number of nitrogens with zero attached hydrogens (tertiary/aromatic N) is 1. The molecule has 1 aromatic heterocycles. The molecule has 0 saturated carbocycles. The minimum atomic E-state index is -3.61. The summed E-state index contributed by atoms with van der Waals surface area (Å²) in [5.41, 5.74) is 1.79. The molecule has 1 amide bonds. The standard InChI is InChI=1S/C20H20ClN3O4S2/c1-12(2)24-30(26,27)15-7-4-13(5-8-15)19(25)23-20-22-17(11-29-20)14-6-9-18(28-3)16(21)10-14/h4-12,24H,1-3H3,(H,22,23,25). The van der Waals surface area contributed by atoms with Crippen LogP contribution in [0.15, 0.2) is 52.7 Å². The van der Waals surface area contributed by atoms with Gasteiger partial charge in [-0.15, -0.1) is 11.3 Å². The Morgan fingerprint density at radius 3 is 2.47 bits per heavy atom. The van der Waals surface area contributed by atoms with E-state index >= 15 is 0 Å². The molecule has 10 heteroatoms. The molecule has 0 bridgehead atoms. The largest absolute Gasteiger partial charge is 0.495 e. The molecule has 7 nitrogen and oxygen atoms in total. The molecule has 30 heavy (non-hydrogen) atoms. The molecule has 3 aromatic rings. The van der Waals surface area contributed by atoms with E-state index in [0.717, 1.165) is 5.56 Å². The number of nitrogens with one attached hydrogen (secondary N) is 2. The second-order valence-electron chi connectivity index (χ2n) is 6.64. The summed E-state index contributed by atoms with van der Waals surface area (Å²) in [4.78, 5) is 17.0. The van der Waals surface area contributed by atoms with E-state index in [2.05, 4.69) is 15.0 Å².